The first kappa shape index (κ1) is 25.8. The Morgan fingerprint density at radius 1 is 0.861 bits per heavy atom. The molecule has 12 nitrogen and oxygen atoms in total. The van der Waals surface area contributed by atoms with E-state index in [1.54, 1.807) is 6.07 Å². The predicted octanol–water partition coefficient (Wildman–Crippen LogP) is 4.55. The first-order valence-corrected chi connectivity index (χ1v) is 13.3. The maximum atomic E-state index is 13.0. The fraction of sp³-hybridized carbons (Fsp3) is 0.0500. The normalized spacial score (nSPS) is 12.6. The maximum Gasteiger partial charge on any atom is 0.299 e. The summed E-state index contributed by atoms with van der Waals surface area (Å²) >= 11 is 12.1. The van der Waals surface area contributed by atoms with E-state index in [4.69, 9.17) is 23.2 Å². The molecule has 1 heterocycles. The minimum absolute atomic E-state index is 0.0468. The molecule has 0 spiro atoms. The maximum absolute atomic E-state index is 13.0. The van der Waals surface area contributed by atoms with Gasteiger partial charge in [-0.1, -0.05) is 47.5 Å². The van der Waals surface area contributed by atoms with Crippen LogP contribution in [0.15, 0.2) is 67.3 Å². The number of H-pyrrole nitrogens is 1. The Bertz CT molecular complexity index is 1860. The van der Waals surface area contributed by atoms with Crippen LogP contribution in [0.1, 0.15) is 5.69 Å². The lowest BCUT2D eigenvalue weighted by molar-refractivity contribution is 0.468. The smallest absolute Gasteiger partial charge is 0.299 e. The lowest BCUT2D eigenvalue weighted by Crippen LogP contribution is -2.15. The summed E-state index contributed by atoms with van der Waals surface area (Å²) in [4.78, 5) is 11.8. The van der Waals surface area contributed by atoms with Crippen LogP contribution in [0.3, 0.4) is 0 Å². The molecule has 16 heteroatoms. The van der Waals surface area contributed by atoms with Crippen LogP contribution >= 0.6 is 23.2 Å². The fourth-order valence-corrected chi connectivity index (χ4v) is 5.50. The molecule has 0 bridgehead atoms. The molecule has 0 aliphatic heterocycles. The molecule has 0 saturated carbocycles. The largest absolute Gasteiger partial charge is 0.506 e. The molecule has 188 valence electrons. The Kier molecular flexibility index (Phi) is 6.45. The Morgan fingerprint density at radius 2 is 1.44 bits per heavy atom. The number of phenolic OH excluding ortho intramolecular Hbond substituents is 1. The Balaban J connectivity index is 1.85. The monoisotopic (exact) mass is 572 g/mol. The zero-order valence-corrected chi connectivity index (χ0v) is 21.0. The van der Waals surface area contributed by atoms with Crippen molar-refractivity contribution in [3.63, 3.8) is 0 Å². The number of rotatable bonds is 5. The number of fused-ring (bicyclic) bond motifs is 1. The van der Waals surface area contributed by atoms with Gasteiger partial charge in [0, 0.05) is 16.8 Å². The van der Waals surface area contributed by atoms with Crippen molar-refractivity contribution in [2.45, 2.75) is 16.7 Å². The van der Waals surface area contributed by atoms with Gasteiger partial charge in [0.15, 0.2) is 5.69 Å². The van der Waals surface area contributed by atoms with Crippen LogP contribution in [-0.2, 0) is 20.2 Å². The number of aryl methyl sites for hydroxylation is 1. The molecule has 4 N–H and O–H groups in total. The molecule has 1 aromatic heterocycles. The van der Waals surface area contributed by atoms with E-state index in [0.29, 0.717) is 0 Å². The van der Waals surface area contributed by atoms with Crippen LogP contribution in [0, 0.1) is 6.92 Å². The first-order valence-electron chi connectivity index (χ1n) is 9.62. The van der Waals surface area contributed by atoms with E-state index in [2.05, 4.69) is 15.3 Å². The summed E-state index contributed by atoms with van der Waals surface area (Å²) in [5, 5.41) is 20.5. The SMILES string of the molecule is Cc1[nH]n(-c2cc(Cl)c(S(=O)(=O)O)cc2Cl)c(=O)c1N=Nc1c(O)cc(S(=O)(=O)O)c2ccccc12. The van der Waals surface area contributed by atoms with Crippen molar-refractivity contribution in [3.8, 4) is 11.4 Å². The van der Waals surface area contributed by atoms with Crippen LogP contribution < -0.4 is 5.56 Å². The summed E-state index contributed by atoms with van der Waals surface area (Å²) in [6.07, 6.45) is 0. The van der Waals surface area contributed by atoms with Crippen molar-refractivity contribution in [2.75, 3.05) is 0 Å². The van der Waals surface area contributed by atoms with Crippen molar-refractivity contribution < 1.29 is 31.0 Å². The van der Waals surface area contributed by atoms with Gasteiger partial charge < -0.3 is 5.11 Å². The molecule has 0 aliphatic rings. The molecular formula is C20H14Cl2N4O8S2. The number of aromatic hydroxyl groups is 1. The van der Waals surface area contributed by atoms with E-state index in [1.807, 2.05) is 0 Å². The van der Waals surface area contributed by atoms with Gasteiger partial charge in [0.1, 0.15) is 21.2 Å². The van der Waals surface area contributed by atoms with E-state index >= 15 is 0 Å². The first-order chi connectivity index (χ1) is 16.7. The third-order valence-electron chi connectivity index (χ3n) is 5.05. The summed E-state index contributed by atoms with van der Waals surface area (Å²) in [6, 6.07) is 8.65. The Labute approximate surface area is 212 Å². The van der Waals surface area contributed by atoms with Crippen molar-refractivity contribution in [1.29, 1.82) is 0 Å². The number of hydrogen-bond donors (Lipinski definition) is 4. The summed E-state index contributed by atoms with van der Waals surface area (Å²) in [6.45, 7) is 1.48. The van der Waals surface area contributed by atoms with Crippen molar-refractivity contribution in [1.82, 2.24) is 9.78 Å². The van der Waals surface area contributed by atoms with E-state index in [-0.39, 0.29) is 38.6 Å². The number of aromatic nitrogens is 2. The van der Waals surface area contributed by atoms with Gasteiger partial charge in [0.25, 0.3) is 25.8 Å². The van der Waals surface area contributed by atoms with Gasteiger partial charge in [-0.3, -0.25) is 19.0 Å². The highest BCUT2D eigenvalue weighted by Crippen LogP contribution is 2.40. The lowest BCUT2D eigenvalue weighted by atomic mass is 10.1. The van der Waals surface area contributed by atoms with Crippen LogP contribution in [0.4, 0.5) is 11.4 Å². The summed E-state index contributed by atoms with van der Waals surface area (Å²) < 4.78 is 66.0. The minimum atomic E-state index is -4.67. The van der Waals surface area contributed by atoms with Gasteiger partial charge in [-0.2, -0.15) is 16.8 Å². The molecule has 36 heavy (non-hydrogen) atoms. The van der Waals surface area contributed by atoms with Crippen LogP contribution in [-0.4, -0.2) is 40.8 Å². The highest BCUT2D eigenvalue weighted by Gasteiger charge is 2.22. The number of hydrogen-bond acceptors (Lipinski definition) is 8. The van der Waals surface area contributed by atoms with E-state index in [1.165, 1.54) is 25.1 Å². The van der Waals surface area contributed by atoms with E-state index < -0.39 is 46.4 Å². The molecule has 0 amide bonds. The number of nitrogens with one attached hydrogen (secondary N) is 1. The average Bonchev–Trinajstić information content (AvgIpc) is 3.05. The highest BCUT2D eigenvalue weighted by molar-refractivity contribution is 7.86. The van der Waals surface area contributed by atoms with Gasteiger partial charge >= 0.3 is 0 Å². The zero-order chi connectivity index (χ0) is 26.6. The van der Waals surface area contributed by atoms with Crippen LogP contribution in [0.5, 0.6) is 5.75 Å². The number of benzene rings is 3. The van der Waals surface area contributed by atoms with Gasteiger partial charge in [0.2, 0.25) is 0 Å². The summed E-state index contributed by atoms with van der Waals surface area (Å²) in [5.41, 5.74) is -0.999. The second-order valence-electron chi connectivity index (χ2n) is 7.40. The number of nitrogens with zero attached hydrogens (tertiary/aromatic N) is 3. The molecule has 0 saturated heterocycles. The van der Waals surface area contributed by atoms with E-state index in [9.17, 15) is 35.8 Å². The van der Waals surface area contributed by atoms with Crippen LogP contribution in [0.2, 0.25) is 10.0 Å². The highest BCUT2D eigenvalue weighted by atomic mass is 35.5. The number of azo groups is 1. The van der Waals surface area contributed by atoms with E-state index in [0.717, 1.165) is 22.9 Å². The molecule has 0 atom stereocenters. The molecule has 4 aromatic rings. The third kappa shape index (κ3) is 4.61. The van der Waals surface area contributed by atoms with Crippen molar-refractivity contribution in [2.24, 2.45) is 10.2 Å². The van der Waals surface area contributed by atoms with Crippen molar-refractivity contribution >= 4 is 65.6 Å². The predicted molar refractivity (Wildman–Crippen MR) is 131 cm³/mol. The summed E-state index contributed by atoms with van der Waals surface area (Å²) in [5.74, 6) is -0.616. The molecule has 3 aromatic carbocycles. The molecule has 0 unspecified atom stereocenters. The fourth-order valence-electron chi connectivity index (χ4n) is 3.44. The lowest BCUT2D eigenvalue weighted by Gasteiger charge is -2.08. The molecule has 0 aliphatic carbocycles. The van der Waals surface area contributed by atoms with Crippen molar-refractivity contribution in [3.05, 3.63) is 68.6 Å². The second-order valence-corrected chi connectivity index (χ2v) is 11.0. The second kappa shape index (κ2) is 8.99. The third-order valence-corrected chi connectivity index (χ3v) is 7.56. The quantitative estimate of drug-likeness (QED) is 0.197. The molecule has 4 rings (SSSR count). The Morgan fingerprint density at radius 3 is 2.06 bits per heavy atom. The number of halogens is 2. The van der Waals surface area contributed by atoms with Gasteiger partial charge in [0.05, 0.1) is 21.4 Å². The topological polar surface area (TPSA) is 191 Å². The molecule has 0 fully saturated rings. The molecular weight excluding hydrogens is 559 g/mol. The number of aromatic amines is 1. The Hall–Kier alpha value is -3.27. The zero-order valence-electron chi connectivity index (χ0n) is 17.8. The standard InChI is InChI=1S/C20H14Cl2N4O8S2/c1-9-18(20(28)26(25-9)14-6-13(22)17(7-12(14)21)36(32,33)34)23-24-19-11-5-3-2-4-10(11)16(8-15(19)27)35(29,30)31/h2-8,25,27H,1H3,(H,29,30,31)(H,32,33,34). The molecule has 0 radical (unpaired) electrons. The van der Waals surface area contributed by atoms with Crippen LogP contribution in [0.25, 0.3) is 16.5 Å². The van der Waals surface area contributed by atoms with Gasteiger partial charge in [-0.15, -0.1) is 10.2 Å². The van der Waals surface area contributed by atoms with Gasteiger partial charge in [-0.05, 0) is 19.1 Å². The van der Waals surface area contributed by atoms with Gasteiger partial charge in [-0.25, -0.2) is 4.68 Å². The summed E-state index contributed by atoms with van der Waals surface area (Å²) in [7, 11) is -9.33. The number of phenols is 1. The minimum Gasteiger partial charge on any atom is -0.506 e. The average molecular weight is 573 g/mol.